The lowest BCUT2D eigenvalue weighted by Gasteiger charge is -2.36. The number of fused-ring (bicyclic) bond motifs is 9. The maximum atomic E-state index is 2.53. The molecule has 2 heteroatoms. The van der Waals surface area contributed by atoms with Crippen molar-refractivity contribution in [1.82, 2.24) is 0 Å². The molecule has 90 heavy (non-hydrogen) atoms. The molecule has 422 valence electrons. The number of anilines is 6. The van der Waals surface area contributed by atoms with Gasteiger partial charge in [-0.25, -0.2) is 0 Å². The van der Waals surface area contributed by atoms with E-state index < -0.39 is 10.8 Å². The van der Waals surface area contributed by atoms with E-state index in [-0.39, 0.29) is 0 Å². The highest BCUT2D eigenvalue weighted by Crippen LogP contribution is 2.61. The van der Waals surface area contributed by atoms with Crippen molar-refractivity contribution in [1.29, 1.82) is 0 Å². The molecule has 0 aliphatic heterocycles. The van der Waals surface area contributed by atoms with Gasteiger partial charge in [-0.05, 0) is 178 Å². The molecule has 0 atom stereocenters. The molecule has 0 bridgehead atoms. The van der Waals surface area contributed by atoms with Crippen LogP contribution in [0.3, 0.4) is 0 Å². The third kappa shape index (κ3) is 8.33. The van der Waals surface area contributed by atoms with E-state index >= 15 is 0 Å². The van der Waals surface area contributed by atoms with Crippen molar-refractivity contribution in [2.45, 2.75) is 10.8 Å². The van der Waals surface area contributed by atoms with Gasteiger partial charge in [0.1, 0.15) is 0 Å². The first-order valence-corrected chi connectivity index (χ1v) is 31.2. The zero-order valence-electron chi connectivity index (χ0n) is 49.5. The Morgan fingerprint density at radius 2 is 0.544 bits per heavy atom. The Kier molecular flexibility index (Phi) is 12.7. The standard InChI is InChI=1S/C88H60N2/c1-9-27-61(28-10-1)64-47-51-77-79-53-49-73(58-83(79)87(81(77)56-64,67-32-13-3-14-33-67)68-34-15-4-16-35-68)89(71-40-21-7-22-41-71)75-55-66-46-45-63-31-25-26-44-76(63)86(66)85(60-75)90(72-42-23-8-24-43-72)74-50-54-80-78-52-48-65(62-29-11-2-12-30-62)57-82(78)88(84(80)59-74,69-36-17-5-18-37-69)70-38-19-6-20-39-70/h1-60H. The van der Waals surface area contributed by atoms with Gasteiger partial charge in [-0.3, -0.25) is 0 Å². The Labute approximate surface area is 526 Å². The molecule has 0 aromatic heterocycles. The summed E-state index contributed by atoms with van der Waals surface area (Å²) in [5.41, 5.74) is 24.7. The SMILES string of the molecule is c1ccc(-c2ccc3c(c2)C(c2ccccc2)(c2ccccc2)c2cc(N(c4ccccc4)c4cc(N(c5ccccc5)c5ccc6c(c5)C(c5ccccc5)(c5ccccc5)c5cc(-c7ccccc7)ccc5-6)c5c(ccc6ccccc65)c4)ccc2-3)cc1. The lowest BCUT2D eigenvalue weighted by atomic mass is 9.67. The van der Waals surface area contributed by atoms with Crippen molar-refractivity contribution < 1.29 is 0 Å². The van der Waals surface area contributed by atoms with Crippen LogP contribution < -0.4 is 9.80 Å². The minimum atomic E-state index is -0.665. The van der Waals surface area contributed by atoms with E-state index in [0.717, 1.165) is 39.5 Å². The van der Waals surface area contributed by atoms with Crippen molar-refractivity contribution in [2.24, 2.45) is 0 Å². The van der Waals surface area contributed by atoms with E-state index in [9.17, 15) is 0 Å². The summed E-state index contributed by atoms with van der Waals surface area (Å²) < 4.78 is 0. The second-order valence-electron chi connectivity index (χ2n) is 23.9. The highest BCUT2D eigenvalue weighted by molar-refractivity contribution is 6.17. The highest BCUT2D eigenvalue weighted by Gasteiger charge is 2.48. The number of para-hydroxylation sites is 2. The highest BCUT2D eigenvalue weighted by atomic mass is 15.2. The fraction of sp³-hybridized carbons (Fsp3) is 0.0227. The predicted molar refractivity (Wildman–Crippen MR) is 376 cm³/mol. The van der Waals surface area contributed by atoms with Gasteiger partial charge in [0.05, 0.1) is 16.5 Å². The topological polar surface area (TPSA) is 6.48 Å². The molecule has 0 radical (unpaired) electrons. The van der Waals surface area contributed by atoms with Crippen LogP contribution in [0.15, 0.2) is 364 Å². The molecule has 0 N–H and O–H groups in total. The van der Waals surface area contributed by atoms with Crippen LogP contribution in [0.5, 0.6) is 0 Å². The fourth-order valence-corrected chi connectivity index (χ4v) is 15.3. The molecule has 17 rings (SSSR count). The Morgan fingerprint density at radius 1 is 0.200 bits per heavy atom. The Bertz CT molecular complexity index is 5070. The van der Waals surface area contributed by atoms with Crippen LogP contribution in [0.1, 0.15) is 44.5 Å². The molecule has 2 aliphatic rings. The summed E-state index contributed by atoms with van der Waals surface area (Å²) in [6, 6.07) is 135. The van der Waals surface area contributed by atoms with E-state index in [4.69, 9.17) is 0 Å². The first-order valence-electron chi connectivity index (χ1n) is 31.2. The number of benzene rings is 15. The van der Waals surface area contributed by atoms with E-state index in [1.165, 1.54) is 105 Å². The maximum absolute atomic E-state index is 2.53. The molecular formula is C88H60N2. The molecular weight excluding hydrogens is 1080 g/mol. The van der Waals surface area contributed by atoms with Crippen LogP contribution in [-0.4, -0.2) is 0 Å². The van der Waals surface area contributed by atoms with E-state index in [1.54, 1.807) is 0 Å². The second-order valence-corrected chi connectivity index (χ2v) is 23.9. The smallest absolute Gasteiger partial charge is 0.0714 e. The Hall–Kier alpha value is -11.6. The van der Waals surface area contributed by atoms with Gasteiger partial charge in [0, 0.05) is 33.8 Å². The lowest BCUT2D eigenvalue weighted by molar-refractivity contribution is 0.768. The molecule has 0 unspecified atom stereocenters. The van der Waals surface area contributed by atoms with E-state index in [2.05, 4.69) is 374 Å². The number of hydrogen-bond donors (Lipinski definition) is 0. The number of nitrogens with zero attached hydrogens (tertiary/aromatic N) is 2. The molecule has 15 aromatic rings. The zero-order valence-corrected chi connectivity index (χ0v) is 49.5. The van der Waals surface area contributed by atoms with Gasteiger partial charge in [0.2, 0.25) is 0 Å². The first-order chi connectivity index (χ1) is 44.6. The van der Waals surface area contributed by atoms with Crippen LogP contribution in [0.4, 0.5) is 34.1 Å². The lowest BCUT2D eigenvalue weighted by Crippen LogP contribution is -2.29. The predicted octanol–water partition coefficient (Wildman–Crippen LogP) is 23.0. The molecule has 2 aliphatic carbocycles. The second kappa shape index (κ2) is 21.7. The summed E-state index contributed by atoms with van der Waals surface area (Å²) >= 11 is 0. The number of hydrogen-bond acceptors (Lipinski definition) is 2. The minimum absolute atomic E-state index is 0.654. The van der Waals surface area contributed by atoms with Gasteiger partial charge < -0.3 is 9.80 Å². The summed E-state index contributed by atoms with van der Waals surface area (Å²) in [6.07, 6.45) is 0. The summed E-state index contributed by atoms with van der Waals surface area (Å²) in [5, 5.41) is 4.69. The van der Waals surface area contributed by atoms with Crippen molar-refractivity contribution >= 4 is 55.7 Å². The molecule has 0 heterocycles. The normalized spacial score (nSPS) is 13.1. The third-order valence-corrected chi connectivity index (χ3v) is 19.1. The molecule has 0 fully saturated rings. The molecule has 0 saturated heterocycles. The maximum Gasteiger partial charge on any atom is 0.0714 e. The van der Waals surface area contributed by atoms with E-state index in [1.807, 2.05) is 0 Å². The zero-order chi connectivity index (χ0) is 59.6. The van der Waals surface area contributed by atoms with Crippen LogP contribution in [0, 0.1) is 0 Å². The largest absolute Gasteiger partial charge is 0.310 e. The van der Waals surface area contributed by atoms with Crippen molar-refractivity contribution in [3.05, 3.63) is 408 Å². The van der Waals surface area contributed by atoms with Gasteiger partial charge in [-0.2, -0.15) is 0 Å². The number of rotatable bonds is 12. The fourth-order valence-electron chi connectivity index (χ4n) is 15.3. The van der Waals surface area contributed by atoms with Gasteiger partial charge in [0.25, 0.3) is 0 Å². The first kappa shape index (κ1) is 52.7. The Balaban J connectivity index is 0.924. The molecule has 2 nitrogen and oxygen atoms in total. The molecule has 15 aromatic carbocycles. The van der Waals surface area contributed by atoms with Crippen LogP contribution in [-0.2, 0) is 10.8 Å². The van der Waals surface area contributed by atoms with Crippen LogP contribution in [0.25, 0.3) is 66.1 Å². The van der Waals surface area contributed by atoms with Gasteiger partial charge in [-0.1, -0.05) is 291 Å². The van der Waals surface area contributed by atoms with Crippen molar-refractivity contribution in [3.8, 4) is 44.5 Å². The van der Waals surface area contributed by atoms with Gasteiger partial charge in [0.15, 0.2) is 0 Å². The quantitative estimate of drug-likeness (QED) is 0.113. The summed E-state index contributed by atoms with van der Waals surface area (Å²) in [4.78, 5) is 5.01. The molecule has 0 spiro atoms. The average Bonchev–Trinajstić information content (AvgIpc) is 1.53. The van der Waals surface area contributed by atoms with Crippen LogP contribution >= 0.6 is 0 Å². The van der Waals surface area contributed by atoms with Gasteiger partial charge >= 0.3 is 0 Å². The summed E-state index contributed by atoms with van der Waals surface area (Å²) in [5.74, 6) is 0. The summed E-state index contributed by atoms with van der Waals surface area (Å²) in [7, 11) is 0. The van der Waals surface area contributed by atoms with Crippen LogP contribution in [0.2, 0.25) is 0 Å². The van der Waals surface area contributed by atoms with Gasteiger partial charge in [-0.15, -0.1) is 0 Å². The molecule has 0 amide bonds. The van der Waals surface area contributed by atoms with E-state index in [0.29, 0.717) is 0 Å². The third-order valence-electron chi connectivity index (χ3n) is 19.1. The average molecular weight is 1150 g/mol. The summed E-state index contributed by atoms with van der Waals surface area (Å²) in [6.45, 7) is 0. The van der Waals surface area contributed by atoms with Crippen molar-refractivity contribution in [3.63, 3.8) is 0 Å². The monoisotopic (exact) mass is 1140 g/mol. The van der Waals surface area contributed by atoms with Crippen molar-refractivity contribution in [2.75, 3.05) is 9.80 Å². The Morgan fingerprint density at radius 3 is 0.989 bits per heavy atom. The minimum Gasteiger partial charge on any atom is -0.310 e. The molecule has 0 saturated carbocycles.